The van der Waals surface area contributed by atoms with Crippen molar-refractivity contribution in [2.45, 2.75) is 26.7 Å². The monoisotopic (exact) mass is 231 g/mol. The number of carbonyl (C=O) groups is 1. The Kier molecular flexibility index (Phi) is 3.18. The molecule has 0 bridgehead atoms. The molecular formula is C14H17NO2. The van der Waals surface area contributed by atoms with Crippen molar-refractivity contribution in [2.75, 3.05) is 0 Å². The topological polar surface area (TPSA) is 53.1 Å². The van der Waals surface area contributed by atoms with Crippen LogP contribution in [0.15, 0.2) is 24.3 Å². The number of fused-ring (bicyclic) bond motifs is 1. The van der Waals surface area contributed by atoms with E-state index in [0.29, 0.717) is 12.8 Å². The van der Waals surface area contributed by atoms with Crippen LogP contribution < -0.4 is 0 Å². The van der Waals surface area contributed by atoms with Crippen LogP contribution in [0.4, 0.5) is 0 Å². The number of para-hydroxylation sites is 1. The first-order valence-corrected chi connectivity index (χ1v) is 5.92. The highest BCUT2D eigenvalue weighted by molar-refractivity contribution is 5.85. The van der Waals surface area contributed by atoms with Crippen LogP contribution in [0.2, 0.25) is 0 Å². The number of carboxylic acid groups (broad SMARTS) is 1. The third-order valence-electron chi connectivity index (χ3n) is 3.32. The van der Waals surface area contributed by atoms with Gasteiger partial charge in [0, 0.05) is 16.6 Å². The summed E-state index contributed by atoms with van der Waals surface area (Å²) < 4.78 is 0. The van der Waals surface area contributed by atoms with Gasteiger partial charge in [-0.2, -0.15) is 0 Å². The van der Waals surface area contributed by atoms with Gasteiger partial charge in [0.25, 0.3) is 0 Å². The van der Waals surface area contributed by atoms with Crippen molar-refractivity contribution in [2.24, 2.45) is 5.92 Å². The van der Waals surface area contributed by atoms with E-state index in [0.717, 1.165) is 22.2 Å². The fourth-order valence-corrected chi connectivity index (χ4v) is 2.25. The van der Waals surface area contributed by atoms with E-state index in [1.165, 1.54) is 0 Å². The maximum atomic E-state index is 11.1. The van der Waals surface area contributed by atoms with Gasteiger partial charge in [0.1, 0.15) is 0 Å². The molecule has 17 heavy (non-hydrogen) atoms. The van der Waals surface area contributed by atoms with Crippen molar-refractivity contribution in [1.82, 2.24) is 4.98 Å². The average Bonchev–Trinajstić information content (AvgIpc) is 2.61. The van der Waals surface area contributed by atoms with E-state index < -0.39 is 5.97 Å². The average molecular weight is 231 g/mol. The molecule has 0 spiro atoms. The number of nitrogens with one attached hydrogen (secondary N) is 1. The van der Waals surface area contributed by atoms with Crippen LogP contribution in [0, 0.1) is 12.8 Å². The van der Waals surface area contributed by atoms with Gasteiger partial charge in [-0.25, -0.2) is 0 Å². The van der Waals surface area contributed by atoms with Gasteiger partial charge in [-0.15, -0.1) is 0 Å². The van der Waals surface area contributed by atoms with E-state index in [1.807, 2.05) is 38.1 Å². The number of benzene rings is 1. The fourth-order valence-electron chi connectivity index (χ4n) is 2.25. The minimum atomic E-state index is -0.711. The molecule has 1 heterocycles. The number of H-pyrrole nitrogens is 1. The predicted octanol–water partition coefficient (Wildman–Crippen LogP) is 3.13. The third-order valence-corrected chi connectivity index (χ3v) is 3.32. The summed E-state index contributed by atoms with van der Waals surface area (Å²) in [6.07, 6.45) is 1.26. The quantitative estimate of drug-likeness (QED) is 0.849. The van der Waals surface area contributed by atoms with Gasteiger partial charge in [-0.3, -0.25) is 4.79 Å². The Morgan fingerprint density at radius 3 is 2.76 bits per heavy atom. The van der Waals surface area contributed by atoms with Crippen molar-refractivity contribution in [1.29, 1.82) is 0 Å². The zero-order valence-electron chi connectivity index (χ0n) is 10.2. The number of hydrogen-bond acceptors (Lipinski definition) is 1. The molecule has 1 unspecified atom stereocenters. The molecule has 2 aromatic rings. The Morgan fingerprint density at radius 2 is 2.12 bits per heavy atom. The van der Waals surface area contributed by atoms with Gasteiger partial charge in [0.15, 0.2) is 0 Å². The lowest BCUT2D eigenvalue weighted by Gasteiger charge is -2.09. The molecule has 0 fully saturated rings. The van der Waals surface area contributed by atoms with Crippen molar-refractivity contribution < 1.29 is 9.90 Å². The van der Waals surface area contributed by atoms with Crippen molar-refractivity contribution >= 4 is 16.9 Å². The van der Waals surface area contributed by atoms with Crippen LogP contribution in [0.5, 0.6) is 0 Å². The molecule has 2 rings (SSSR count). The summed E-state index contributed by atoms with van der Waals surface area (Å²) in [5.41, 5.74) is 3.29. The van der Waals surface area contributed by atoms with E-state index in [9.17, 15) is 4.79 Å². The highest BCUT2D eigenvalue weighted by Gasteiger charge is 2.19. The van der Waals surface area contributed by atoms with Crippen molar-refractivity contribution in [3.05, 3.63) is 35.5 Å². The van der Waals surface area contributed by atoms with E-state index in [4.69, 9.17) is 5.11 Å². The van der Waals surface area contributed by atoms with E-state index in [1.54, 1.807) is 0 Å². The molecule has 0 saturated carbocycles. The second kappa shape index (κ2) is 4.62. The lowest BCUT2D eigenvalue weighted by Crippen LogP contribution is -2.15. The van der Waals surface area contributed by atoms with E-state index >= 15 is 0 Å². The Morgan fingerprint density at radius 1 is 1.41 bits per heavy atom. The zero-order valence-corrected chi connectivity index (χ0v) is 10.2. The summed E-state index contributed by atoms with van der Waals surface area (Å²) >= 11 is 0. The number of aryl methyl sites for hydroxylation is 1. The molecule has 2 N–H and O–H groups in total. The number of carboxylic acids is 1. The van der Waals surface area contributed by atoms with E-state index in [-0.39, 0.29) is 5.92 Å². The summed E-state index contributed by atoms with van der Waals surface area (Å²) in [7, 11) is 0. The molecule has 0 aliphatic carbocycles. The minimum Gasteiger partial charge on any atom is -0.481 e. The van der Waals surface area contributed by atoms with Gasteiger partial charge in [0.2, 0.25) is 0 Å². The van der Waals surface area contributed by atoms with Crippen LogP contribution in [-0.4, -0.2) is 16.1 Å². The molecule has 1 atom stereocenters. The first kappa shape index (κ1) is 11.7. The molecule has 90 valence electrons. The first-order chi connectivity index (χ1) is 8.13. The molecule has 3 heteroatoms. The SMILES string of the molecule is CCC(Cc1c(C)[nH]c2ccccc12)C(=O)O. The molecule has 3 nitrogen and oxygen atoms in total. The highest BCUT2D eigenvalue weighted by Crippen LogP contribution is 2.25. The minimum absolute atomic E-state index is 0.298. The van der Waals surface area contributed by atoms with Gasteiger partial charge < -0.3 is 10.1 Å². The van der Waals surface area contributed by atoms with Crippen LogP contribution in [0.3, 0.4) is 0 Å². The third kappa shape index (κ3) is 2.18. The van der Waals surface area contributed by atoms with Gasteiger partial charge in [0.05, 0.1) is 5.92 Å². The Bertz CT molecular complexity index is 542. The van der Waals surface area contributed by atoms with Crippen LogP contribution in [0.25, 0.3) is 10.9 Å². The Labute approximate surface area is 100 Å². The lowest BCUT2D eigenvalue weighted by atomic mass is 9.95. The summed E-state index contributed by atoms with van der Waals surface area (Å²) in [5, 5.41) is 10.3. The molecule has 1 aromatic carbocycles. The van der Waals surface area contributed by atoms with E-state index in [2.05, 4.69) is 4.98 Å². The molecule has 0 aliphatic heterocycles. The van der Waals surface area contributed by atoms with Crippen molar-refractivity contribution in [3.63, 3.8) is 0 Å². The molecule has 0 aliphatic rings. The largest absolute Gasteiger partial charge is 0.481 e. The van der Waals surface area contributed by atoms with Crippen molar-refractivity contribution in [3.8, 4) is 0 Å². The number of rotatable bonds is 4. The number of hydrogen-bond donors (Lipinski definition) is 2. The highest BCUT2D eigenvalue weighted by atomic mass is 16.4. The zero-order chi connectivity index (χ0) is 12.4. The molecule has 1 aromatic heterocycles. The fraction of sp³-hybridized carbons (Fsp3) is 0.357. The maximum absolute atomic E-state index is 11.1. The first-order valence-electron chi connectivity index (χ1n) is 5.92. The summed E-state index contributed by atoms with van der Waals surface area (Å²) in [6, 6.07) is 8.04. The molecule has 0 amide bonds. The second-order valence-electron chi connectivity index (χ2n) is 4.42. The summed E-state index contributed by atoms with van der Waals surface area (Å²) in [4.78, 5) is 14.4. The maximum Gasteiger partial charge on any atom is 0.306 e. The Balaban J connectivity index is 2.41. The lowest BCUT2D eigenvalue weighted by molar-refractivity contribution is -0.141. The van der Waals surface area contributed by atoms with Gasteiger partial charge >= 0.3 is 5.97 Å². The standard InChI is InChI=1S/C14H17NO2/c1-3-10(14(16)17)8-12-9(2)15-13-7-5-4-6-11(12)13/h4-7,10,15H,3,8H2,1-2H3,(H,16,17). The van der Waals surface area contributed by atoms with Crippen LogP contribution in [-0.2, 0) is 11.2 Å². The van der Waals surface area contributed by atoms with Crippen LogP contribution in [0.1, 0.15) is 24.6 Å². The van der Waals surface area contributed by atoms with Gasteiger partial charge in [-0.1, -0.05) is 25.1 Å². The van der Waals surface area contributed by atoms with Crippen LogP contribution >= 0.6 is 0 Å². The summed E-state index contributed by atoms with van der Waals surface area (Å²) in [5.74, 6) is -1.01. The number of aromatic amines is 1. The Hall–Kier alpha value is -1.77. The number of aliphatic carboxylic acids is 1. The normalized spacial score (nSPS) is 12.8. The molecule has 0 radical (unpaired) electrons. The summed E-state index contributed by atoms with van der Waals surface area (Å²) in [6.45, 7) is 3.92. The molecular weight excluding hydrogens is 214 g/mol. The second-order valence-corrected chi connectivity index (χ2v) is 4.42. The smallest absolute Gasteiger partial charge is 0.306 e. The van der Waals surface area contributed by atoms with Gasteiger partial charge in [-0.05, 0) is 31.4 Å². The predicted molar refractivity (Wildman–Crippen MR) is 68.2 cm³/mol. The number of aromatic nitrogens is 1. The molecule has 0 saturated heterocycles.